The van der Waals surface area contributed by atoms with Crippen LogP contribution in [0.4, 0.5) is 5.69 Å². The lowest BCUT2D eigenvalue weighted by atomic mass is 10.1. The van der Waals surface area contributed by atoms with Gasteiger partial charge in [-0.15, -0.1) is 0 Å². The average molecular weight is 295 g/mol. The van der Waals surface area contributed by atoms with Crippen LogP contribution in [-0.4, -0.2) is 5.91 Å². The highest BCUT2D eigenvalue weighted by molar-refractivity contribution is 6.34. The van der Waals surface area contributed by atoms with E-state index in [4.69, 9.17) is 28.9 Å². The fourth-order valence-electron chi connectivity index (χ4n) is 1.65. The van der Waals surface area contributed by atoms with Gasteiger partial charge in [-0.25, -0.2) is 0 Å². The van der Waals surface area contributed by atoms with Crippen LogP contribution in [0, 0.1) is 0 Å². The minimum atomic E-state index is -0.278. The van der Waals surface area contributed by atoms with Crippen molar-refractivity contribution in [3.63, 3.8) is 0 Å². The topological polar surface area (TPSA) is 55.1 Å². The van der Waals surface area contributed by atoms with Gasteiger partial charge >= 0.3 is 0 Å². The highest BCUT2D eigenvalue weighted by Crippen LogP contribution is 2.22. The zero-order chi connectivity index (χ0) is 13.8. The van der Waals surface area contributed by atoms with E-state index in [1.165, 1.54) is 0 Å². The molecule has 0 aliphatic carbocycles. The highest BCUT2D eigenvalue weighted by atomic mass is 35.5. The normalized spacial score (nSPS) is 10.2. The molecule has 98 valence electrons. The maximum absolute atomic E-state index is 12.0. The van der Waals surface area contributed by atoms with Crippen molar-refractivity contribution >= 4 is 34.8 Å². The first-order chi connectivity index (χ1) is 9.09. The van der Waals surface area contributed by atoms with Gasteiger partial charge in [-0.1, -0.05) is 47.5 Å². The van der Waals surface area contributed by atoms with Crippen molar-refractivity contribution in [3.8, 4) is 0 Å². The largest absolute Gasteiger partial charge is 0.397 e. The standard InChI is InChI=1S/C14H12Cl2N2O/c15-11-6-2-1-4-9(11)8-18-14(19)10-5-3-7-12(16)13(10)17/h1-7H,8,17H2,(H,18,19). The number of para-hydroxylation sites is 1. The Morgan fingerprint density at radius 2 is 1.74 bits per heavy atom. The molecule has 2 rings (SSSR count). The fraction of sp³-hybridized carbons (Fsp3) is 0.0714. The molecule has 3 N–H and O–H groups in total. The number of hydrogen-bond donors (Lipinski definition) is 2. The number of hydrogen-bond acceptors (Lipinski definition) is 2. The molecular weight excluding hydrogens is 283 g/mol. The molecule has 0 saturated carbocycles. The van der Waals surface area contributed by atoms with Crippen LogP contribution in [0.25, 0.3) is 0 Å². The van der Waals surface area contributed by atoms with Gasteiger partial charge in [-0.2, -0.15) is 0 Å². The summed E-state index contributed by atoms with van der Waals surface area (Å²) in [5, 5.41) is 3.74. The Morgan fingerprint density at radius 3 is 2.47 bits per heavy atom. The molecule has 5 heteroatoms. The number of amides is 1. The molecule has 0 spiro atoms. The van der Waals surface area contributed by atoms with Crippen molar-refractivity contribution < 1.29 is 4.79 Å². The number of anilines is 1. The molecule has 2 aromatic carbocycles. The van der Waals surface area contributed by atoms with Gasteiger partial charge in [0.25, 0.3) is 5.91 Å². The summed E-state index contributed by atoms with van der Waals surface area (Å²) in [4.78, 5) is 12.0. The van der Waals surface area contributed by atoms with Gasteiger partial charge in [0.15, 0.2) is 0 Å². The van der Waals surface area contributed by atoms with E-state index in [1.54, 1.807) is 24.3 Å². The first-order valence-electron chi connectivity index (χ1n) is 5.65. The maximum Gasteiger partial charge on any atom is 0.253 e. The smallest absolute Gasteiger partial charge is 0.253 e. The van der Waals surface area contributed by atoms with E-state index in [-0.39, 0.29) is 11.6 Å². The number of rotatable bonds is 3. The number of nitrogens with two attached hydrogens (primary N) is 1. The van der Waals surface area contributed by atoms with Crippen molar-refractivity contribution in [3.05, 3.63) is 63.6 Å². The predicted molar refractivity (Wildman–Crippen MR) is 78.5 cm³/mol. The van der Waals surface area contributed by atoms with Gasteiger partial charge in [0.05, 0.1) is 16.3 Å². The maximum atomic E-state index is 12.0. The number of nitrogens with one attached hydrogen (secondary N) is 1. The van der Waals surface area contributed by atoms with Gasteiger partial charge in [0.2, 0.25) is 0 Å². The minimum Gasteiger partial charge on any atom is -0.397 e. The number of benzene rings is 2. The summed E-state index contributed by atoms with van der Waals surface area (Å²) < 4.78 is 0. The Balaban J connectivity index is 2.10. The SMILES string of the molecule is Nc1c(Cl)cccc1C(=O)NCc1ccccc1Cl. The molecular formula is C14H12Cl2N2O. The summed E-state index contributed by atoms with van der Waals surface area (Å²) in [6.45, 7) is 0.338. The lowest BCUT2D eigenvalue weighted by molar-refractivity contribution is 0.0952. The van der Waals surface area contributed by atoms with Crippen LogP contribution in [0.15, 0.2) is 42.5 Å². The third-order valence-corrected chi connectivity index (χ3v) is 3.39. The summed E-state index contributed by atoms with van der Waals surface area (Å²) >= 11 is 11.9. The second-order valence-corrected chi connectivity index (χ2v) is 4.79. The third-order valence-electron chi connectivity index (χ3n) is 2.69. The van der Waals surface area contributed by atoms with Crippen LogP contribution in [-0.2, 0) is 6.54 Å². The molecule has 0 atom stereocenters. The zero-order valence-electron chi connectivity index (χ0n) is 9.99. The second kappa shape index (κ2) is 5.95. The van der Waals surface area contributed by atoms with Crippen LogP contribution >= 0.6 is 23.2 Å². The van der Waals surface area contributed by atoms with E-state index in [0.717, 1.165) is 5.56 Å². The van der Waals surface area contributed by atoms with Gasteiger partial charge < -0.3 is 11.1 Å². The Morgan fingerprint density at radius 1 is 1.05 bits per heavy atom. The molecule has 19 heavy (non-hydrogen) atoms. The van der Waals surface area contributed by atoms with E-state index in [0.29, 0.717) is 22.2 Å². The highest BCUT2D eigenvalue weighted by Gasteiger charge is 2.11. The molecule has 0 aliphatic heterocycles. The summed E-state index contributed by atoms with van der Waals surface area (Å²) in [6.07, 6.45) is 0. The Kier molecular flexibility index (Phi) is 4.30. The van der Waals surface area contributed by atoms with Crippen molar-refractivity contribution in [1.82, 2.24) is 5.32 Å². The minimum absolute atomic E-state index is 0.278. The van der Waals surface area contributed by atoms with Crippen LogP contribution in [0.2, 0.25) is 10.0 Å². The summed E-state index contributed by atoms with van der Waals surface area (Å²) in [5.74, 6) is -0.278. The molecule has 0 saturated heterocycles. The monoisotopic (exact) mass is 294 g/mol. The number of carbonyl (C=O) groups is 1. The third kappa shape index (κ3) is 3.19. The van der Waals surface area contributed by atoms with Gasteiger partial charge in [0.1, 0.15) is 0 Å². The fourth-order valence-corrected chi connectivity index (χ4v) is 2.02. The molecule has 0 fully saturated rings. The van der Waals surface area contributed by atoms with E-state index in [9.17, 15) is 4.79 Å². The van der Waals surface area contributed by atoms with Crippen molar-refractivity contribution in [1.29, 1.82) is 0 Å². The summed E-state index contributed by atoms with van der Waals surface area (Å²) in [5.41, 5.74) is 7.25. The predicted octanol–water partition coefficient (Wildman–Crippen LogP) is 3.51. The van der Waals surface area contributed by atoms with Gasteiger partial charge in [0, 0.05) is 11.6 Å². The molecule has 0 aliphatic rings. The molecule has 0 radical (unpaired) electrons. The Bertz CT molecular complexity index is 614. The summed E-state index contributed by atoms with van der Waals surface area (Å²) in [6, 6.07) is 12.3. The Hall–Kier alpha value is -1.71. The van der Waals surface area contributed by atoms with Crippen LogP contribution in [0.5, 0.6) is 0 Å². The lowest BCUT2D eigenvalue weighted by Gasteiger charge is -2.09. The number of carbonyl (C=O) groups excluding carboxylic acids is 1. The van der Waals surface area contributed by atoms with Crippen LogP contribution < -0.4 is 11.1 Å². The average Bonchev–Trinajstić information content (AvgIpc) is 2.40. The second-order valence-electron chi connectivity index (χ2n) is 3.98. The zero-order valence-corrected chi connectivity index (χ0v) is 11.5. The molecule has 0 bridgehead atoms. The quantitative estimate of drug-likeness (QED) is 0.851. The van der Waals surface area contributed by atoms with E-state index in [2.05, 4.69) is 5.32 Å². The van der Waals surface area contributed by atoms with Crippen LogP contribution in [0.3, 0.4) is 0 Å². The van der Waals surface area contributed by atoms with Gasteiger partial charge in [-0.3, -0.25) is 4.79 Å². The molecule has 0 heterocycles. The molecule has 0 unspecified atom stereocenters. The molecule has 2 aromatic rings. The number of halogens is 2. The molecule has 1 amide bonds. The van der Waals surface area contributed by atoms with Gasteiger partial charge in [-0.05, 0) is 23.8 Å². The Labute approximate surface area is 121 Å². The lowest BCUT2D eigenvalue weighted by Crippen LogP contribution is -2.24. The molecule has 3 nitrogen and oxygen atoms in total. The number of nitrogen functional groups attached to an aromatic ring is 1. The van der Waals surface area contributed by atoms with Crippen molar-refractivity contribution in [2.24, 2.45) is 0 Å². The van der Waals surface area contributed by atoms with Crippen molar-refractivity contribution in [2.75, 3.05) is 5.73 Å². The first-order valence-corrected chi connectivity index (χ1v) is 6.41. The van der Waals surface area contributed by atoms with E-state index < -0.39 is 0 Å². The van der Waals surface area contributed by atoms with Crippen molar-refractivity contribution in [2.45, 2.75) is 6.54 Å². The first kappa shape index (κ1) is 13.7. The van der Waals surface area contributed by atoms with Crippen LogP contribution in [0.1, 0.15) is 15.9 Å². The summed E-state index contributed by atoms with van der Waals surface area (Å²) in [7, 11) is 0. The molecule has 0 aromatic heterocycles. The van der Waals surface area contributed by atoms with E-state index in [1.807, 2.05) is 18.2 Å². The van der Waals surface area contributed by atoms with E-state index >= 15 is 0 Å².